The largest absolute Gasteiger partial charge is 0.508 e. The van der Waals surface area contributed by atoms with Gasteiger partial charge >= 0.3 is 12.1 Å². The van der Waals surface area contributed by atoms with Crippen molar-refractivity contribution in [1.82, 2.24) is 10.6 Å². The predicted octanol–water partition coefficient (Wildman–Crippen LogP) is 4.23. The van der Waals surface area contributed by atoms with Crippen LogP contribution in [0.25, 0.3) is 11.1 Å². The second kappa shape index (κ2) is 12.2. The Labute approximate surface area is 233 Å². The summed E-state index contributed by atoms with van der Waals surface area (Å²) in [5.74, 6) is -2.06. The molecule has 9 nitrogen and oxygen atoms in total. The van der Waals surface area contributed by atoms with Gasteiger partial charge in [0.1, 0.15) is 24.4 Å². The Kier molecular flexibility index (Phi) is 8.74. The highest BCUT2D eigenvalue weighted by Crippen LogP contribution is 2.44. The third-order valence-electron chi connectivity index (χ3n) is 6.63. The molecule has 4 rings (SSSR count). The van der Waals surface area contributed by atoms with E-state index in [1.54, 1.807) is 32.9 Å². The van der Waals surface area contributed by atoms with Crippen LogP contribution in [-0.4, -0.2) is 59.1 Å². The quantitative estimate of drug-likeness (QED) is 0.299. The summed E-state index contributed by atoms with van der Waals surface area (Å²) in [5.41, 5.74) is 4.30. The van der Waals surface area contributed by atoms with Crippen LogP contribution >= 0.6 is 0 Å². The van der Waals surface area contributed by atoms with Gasteiger partial charge in [0.2, 0.25) is 5.91 Å². The number of benzene rings is 3. The van der Waals surface area contributed by atoms with Crippen LogP contribution in [0.15, 0.2) is 72.8 Å². The van der Waals surface area contributed by atoms with E-state index in [1.165, 1.54) is 12.1 Å². The van der Waals surface area contributed by atoms with Crippen LogP contribution in [0, 0.1) is 0 Å². The molecular formula is C31H34N2O7. The first-order valence-corrected chi connectivity index (χ1v) is 13.1. The summed E-state index contributed by atoms with van der Waals surface area (Å²) < 4.78 is 11.3. The number of alkyl carbamates (subject to hydrolysis) is 1. The van der Waals surface area contributed by atoms with E-state index in [1.807, 2.05) is 48.5 Å². The number of amides is 2. The van der Waals surface area contributed by atoms with Gasteiger partial charge in [0, 0.05) is 12.3 Å². The Morgan fingerprint density at radius 2 is 1.43 bits per heavy atom. The SMILES string of the molecule is CC(C)(C)OC[C@H](NC(=O)OCC1c2ccccc2-c2ccccc21)C(=O)N[C@@H](Cc1ccc(O)cc1)C(=O)O. The van der Waals surface area contributed by atoms with E-state index in [0.717, 1.165) is 22.3 Å². The number of rotatable bonds is 10. The van der Waals surface area contributed by atoms with Crippen molar-refractivity contribution in [3.05, 3.63) is 89.5 Å². The fraction of sp³-hybridized carbons (Fsp3) is 0.323. The average molecular weight is 547 g/mol. The molecule has 210 valence electrons. The summed E-state index contributed by atoms with van der Waals surface area (Å²) in [6, 6.07) is 19.5. The summed E-state index contributed by atoms with van der Waals surface area (Å²) >= 11 is 0. The summed E-state index contributed by atoms with van der Waals surface area (Å²) in [6.07, 6.45) is -0.830. The Balaban J connectivity index is 1.43. The maximum atomic E-state index is 13.2. The molecule has 0 fully saturated rings. The highest BCUT2D eigenvalue weighted by atomic mass is 16.5. The third-order valence-corrected chi connectivity index (χ3v) is 6.63. The van der Waals surface area contributed by atoms with Crippen LogP contribution < -0.4 is 10.6 Å². The average Bonchev–Trinajstić information content (AvgIpc) is 3.23. The lowest BCUT2D eigenvalue weighted by molar-refractivity contribution is -0.142. The molecule has 1 aliphatic carbocycles. The zero-order chi connectivity index (χ0) is 28.9. The number of phenolic OH excluding ortho intramolecular Hbond substituents is 1. The molecule has 0 saturated heterocycles. The second-order valence-electron chi connectivity index (χ2n) is 10.7. The number of carboxylic acids is 1. The minimum atomic E-state index is -1.27. The third kappa shape index (κ3) is 7.18. The van der Waals surface area contributed by atoms with Crippen LogP contribution in [0.5, 0.6) is 5.75 Å². The number of carboxylic acid groups (broad SMARTS) is 1. The van der Waals surface area contributed by atoms with Gasteiger partial charge < -0.3 is 30.3 Å². The van der Waals surface area contributed by atoms with Crippen LogP contribution in [0.1, 0.15) is 43.4 Å². The number of fused-ring (bicyclic) bond motifs is 3. The highest BCUT2D eigenvalue weighted by Gasteiger charge is 2.31. The van der Waals surface area contributed by atoms with Crippen molar-refractivity contribution < 1.29 is 34.1 Å². The van der Waals surface area contributed by atoms with Gasteiger partial charge in [-0.15, -0.1) is 0 Å². The zero-order valence-corrected chi connectivity index (χ0v) is 22.7. The molecule has 2 amide bonds. The topological polar surface area (TPSA) is 134 Å². The van der Waals surface area contributed by atoms with Gasteiger partial charge in [-0.1, -0.05) is 60.7 Å². The molecule has 0 spiro atoms. The molecule has 1 aliphatic rings. The standard InChI is InChI=1S/C31H34N2O7/c1-31(2,3)40-18-27(28(35)32-26(29(36)37)16-19-12-14-20(34)15-13-19)33-30(38)39-17-25-23-10-6-4-8-21(23)22-9-5-7-11-24(22)25/h4-15,25-27,34H,16-18H2,1-3H3,(H,32,35)(H,33,38)(H,36,37)/t26-,27-/m0/s1. The van der Waals surface area contributed by atoms with Crippen LogP contribution in [0.3, 0.4) is 0 Å². The van der Waals surface area contributed by atoms with E-state index in [-0.39, 0.29) is 31.3 Å². The maximum Gasteiger partial charge on any atom is 0.407 e. The Morgan fingerprint density at radius 3 is 1.98 bits per heavy atom. The number of phenols is 1. The normalized spacial score (nSPS) is 14.0. The Bertz CT molecular complexity index is 1320. The van der Waals surface area contributed by atoms with E-state index in [2.05, 4.69) is 10.6 Å². The first-order chi connectivity index (χ1) is 19.0. The number of hydrogen-bond donors (Lipinski definition) is 4. The van der Waals surface area contributed by atoms with E-state index >= 15 is 0 Å². The molecule has 0 saturated carbocycles. The number of carbonyl (C=O) groups excluding carboxylic acids is 2. The van der Waals surface area contributed by atoms with Gasteiger partial charge in [0.05, 0.1) is 12.2 Å². The fourth-order valence-corrected chi connectivity index (χ4v) is 4.64. The molecule has 4 N–H and O–H groups in total. The molecule has 40 heavy (non-hydrogen) atoms. The Hall–Kier alpha value is -4.37. The lowest BCUT2D eigenvalue weighted by Crippen LogP contribution is -2.54. The number of aliphatic carboxylic acids is 1. The van der Waals surface area contributed by atoms with Crippen molar-refractivity contribution >= 4 is 18.0 Å². The molecule has 0 unspecified atom stereocenters. The fourth-order valence-electron chi connectivity index (χ4n) is 4.64. The summed E-state index contributed by atoms with van der Waals surface area (Å²) in [6.45, 7) is 5.29. The first-order valence-electron chi connectivity index (χ1n) is 13.1. The van der Waals surface area contributed by atoms with Gasteiger partial charge in [-0.25, -0.2) is 9.59 Å². The van der Waals surface area contributed by atoms with Crippen molar-refractivity contribution in [3.8, 4) is 16.9 Å². The van der Waals surface area contributed by atoms with Gasteiger partial charge in [0.15, 0.2) is 0 Å². The van der Waals surface area contributed by atoms with E-state index in [4.69, 9.17) is 9.47 Å². The van der Waals surface area contributed by atoms with E-state index < -0.39 is 35.7 Å². The first kappa shape index (κ1) is 28.6. The summed E-state index contributed by atoms with van der Waals surface area (Å²) in [7, 11) is 0. The van der Waals surface area contributed by atoms with E-state index in [9.17, 15) is 24.6 Å². The van der Waals surface area contributed by atoms with Crippen molar-refractivity contribution in [2.45, 2.75) is 50.8 Å². The molecule has 9 heteroatoms. The van der Waals surface area contributed by atoms with Crippen molar-refractivity contribution in [3.63, 3.8) is 0 Å². The predicted molar refractivity (Wildman–Crippen MR) is 149 cm³/mol. The van der Waals surface area contributed by atoms with Gasteiger partial charge in [-0.05, 0) is 60.7 Å². The molecule has 0 aliphatic heterocycles. The van der Waals surface area contributed by atoms with Gasteiger partial charge in [0.25, 0.3) is 0 Å². The van der Waals surface area contributed by atoms with Gasteiger partial charge in [-0.2, -0.15) is 0 Å². The number of nitrogens with one attached hydrogen (secondary N) is 2. The summed E-state index contributed by atoms with van der Waals surface area (Å²) in [4.78, 5) is 38.0. The molecule has 2 atom stereocenters. The molecule has 0 heterocycles. The van der Waals surface area contributed by atoms with Crippen LogP contribution in [0.4, 0.5) is 4.79 Å². The smallest absolute Gasteiger partial charge is 0.407 e. The van der Waals surface area contributed by atoms with Crippen molar-refractivity contribution in [2.75, 3.05) is 13.2 Å². The van der Waals surface area contributed by atoms with Crippen molar-refractivity contribution in [1.29, 1.82) is 0 Å². The maximum absolute atomic E-state index is 13.2. The molecule has 3 aromatic carbocycles. The second-order valence-corrected chi connectivity index (χ2v) is 10.7. The lowest BCUT2D eigenvalue weighted by atomic mass is 9.98. The summed E-state index contributed by atoms with van der Waals surface area (Å²) in [5, 5.41) is 24.2. The van der Waals surface area contributed by atoms with Gasteiger partial charge in [-0.3, -0.25) is 4.79 Å². The van der Waals surface area contributed by atoms with Crippen molar-refractivity contribution in [2.24, 2.45) is 0 Å². The minimum absolute atomic E-state index is 0.0147. The van der Waals surface area contributed by atoms with Crippen LogP contribution in [0.2, 0.25) is 0 Å². The minimum Gasteiger partial charge on any atom is -0.508 e. The lowest BCUT2D eigenvalue weighted by Gasteiger charge is -2.26. The zero-order valence-electron chi connectivity index (χ0n) is 22.7. The highest BCUT2D eigenvalue weighted by molar-refractivity contribution is 5.89. The molecule has 3 aromatic rings. The molecular weight excluding hydrogens is 512 g/mol. The molecule has 0 aromatic heterocycles. The molecule has 0 bridgehead atoms. The number of aromatic hydroxyl groups is 1. The number of carbonyl (C=O) groups is 3. The number of hydrogen-bond acceptors (Lipinski definition) is 6. The monoisotopic (exact) mass is 546 g/mol. The van der Waals surface area contributed by atoms with Crippen LogP contribution in [-0.2, 0) is 25.5 Å². The Morgan fingerprint density at radius 1 is 0.850 bits per heavy atom. The molecule has 0 radical (unpaired) electrons. The van der Waals surface area contributed by atoms with E-state index in [0.29, 0.717) is 5.56 Å². The number of ether oxygens (including phenoxy) is 2.